The third-order valence-corrected chi connectivity index (χ3v) is 7.81. The van der Waals surface area contributed by atoms with Crippen LogP contribution in [0.2, 0.25) is 0 Å². The Morgan fingerprint density at radius 1 is 1.12 bits per heavy atom. The van der Waals surface area contributed by atoms with E-state index in [-0.39, 0.29) is 29.3 Å². The van der Waals surface area contributed by atoms with Gasteiger partial charge in [0.05, 0.1) is 13.2 Å². The van der Waals surface area contributed by atoms with Gasteiger partial charge in [-0.25, -0.2) is 9.18 Å². The molecular weight excluding hydrogens is 413 g/mol. The van der Waals surface area contributed by atoms with E-state index < -0.39 is 0 Å². The van der Waals surface area contributed by atoms with Gasteiger partial charge in [-0.2, -0.15) is 0 Å². The minimum Gasteiger partial charge on any atom is -0.444 e. The van der Waals surface area contributed by atoms with E-state index in [0.717, 1.165) is 56.4 Å². The van der Waals surface area contributed by atoms with Gasteiger partial charge in [0.2, 0.25) is 5.91 Å². The minimum absolute atomic E-state index is 0.0144. The molecule has 1 aromatic carbocycles. The van der Waals surface area contributed by atoms with Gasteiger partial charge in [0, 0.05) is 50.1 Å². The number of ether oxygens (including phenoxy) is 2. The topological polar surface area (TPSA) is 62.3 Å². The van der Waals surface area contributed by atoms with E-state index in [2.05, 4.69) is 4.90 Å². The Labute approximate surface area is 188 Å². The van der Waals surface area contributed by atoms with Crippen molar-refractivity contribution < 1.29 is 23.5 Å². The molecule has 0 saturated carbocycles. The van der Waals surface area contributed by atoms with Gasteiger partial charge < -0.3 is 24.2 Å². The Kier molecular flexibility index (Phi) is 5.84. The average molecular weight is 446 g/mol. The van der Waals surface area contributed by atoms with Gasteiger partial charge in [-0.15, -0.1) is 0 Å². The Balaban J connectivity index is 1.18. The molecule has 8 heteroatoms. The number of amides is 2. The number of benzene rings is 1. The highest BCUT2D eigenvalue weighted by Gasteiger charge is 2.46. The van der Waals surface area contributed by atoms with E-state index >= 15 is 0 Å². The standard InChI is InChI=1S/C24H32FN3O4/c1-17(29)28-16-24(21-14-18(25)2-3-22(21)28)7-11-26(12-8-24)19-4-9-27(10-5-19)23(30)32-20-6-13-31-15-20/h2-3,14,19-20H,4-13,15-16H2,1H3/t20-/m1/s1. The summed E-state index contributed by atoms with van der Waals surface area (Å²) < 4.78 is 24.9. The van der Waals surface area contributed by atoms with E-state index in [1.54, 1.807) is 19.1 Å². The van der Waals surface area contributed by atoms with Gasteiger partial charge in [0.25, 0.3) is 0 Å². The van der Waals surface area contributed by atoms with Crippen LogP contribution in [0.1, 0.15) is 44.6 Å². The number of hydrogen-bond acceptors (Lipinski definition) is 5. The third-order valence-electron chi connectivity index (χ3n) is 7.81. The largest absolute Gasteiger partial charge is 0.444 e. The molecule has 1 aromatic rings. The summed E-state index contributed by atoms with van der Waals surface area (Å²) in [5, 5.41) is 0. The Morgan fingerprint density at radius 2 is 1.88 bits per heavy atom. The van der Waals surface area contributed by atoms with Gasteiger partial charge in [0.15, 0.2) is 0 Å². The van der Waals surface area contributed by atoms with Crippen molar-refractivity contribution >= 4 is 17.7 Å². The smallest absolute Gasteiger partial charge is 0.410 e. The van der Waals surface area contributed by atoms with Crippen molar-refractivity contribution in [2.45, 2.75) is 56.6 Å². The molecule has 1 atom stereocenters. The number of carbonyl (C=O) groups excluding carboxylic acids is 2. The second-order valence-electron chi connectivity index (χ2n) is 9.67. The zero-order valence-corrected chi connectivity index (χ0v) is 18.7. The molecule has 0 unspecified atom stereocenters. The molecule has 0 bridgehead atoms. The molecule has 5 rings (SSSR count). The van der Waals surface area contributed by atoms with Gasteiger partial charge in [0.1, 0.15) is 11.9 Å². The lowest BCUT2D eigenvalue weighted by Gasteiger charge is -2.45. The first-order valence-electron chi connectivity index (χ1n) is 11.8. The van der Waals surface area contributed by atoms with Crippen molar-refractivity contribution in [1.29, 1.82) is 0 Å². The van der Waals surface area contributed by atoms with Crippen LogP contribution in [0.4, 0.5) is 14.9 Å². The summed E-state index contributed by atoms with van der Waals surface area (Å²) in [5.41, 5.74) is 1.70. The van der Waals surface area contributed by atoms with E-state index in [4.69, 9.17) is 9.47 Å². The molecule has 4 aliphatic heterocycles. The van der Waals surface area contributed by atoms with Crippen molar-refractivity contribution in [1.82, 2.24) is 9.80 Å². The number of halogens is 1. The normalized spacial score (nSPS) is 25.9. The fraction of sp³-hybridized carbons (Fsp3) is 0.667. The fourth-order valence-electron chi connectivity index (χ4n) is 5.90. The van der Waals surface area contributed by atoms with Crippen molar-refractivity contribution in [2.24, 2.45) is 0 Å². The van der Waals surface area contributed by atoms with E-state index in [9.17, 15) is 14.0 Å². The molecule has 0 aromatic heterocycles. The molecule has 2 amide bonds. The molecule has 7 nitrogen and oxygen atoms in total. The second-order valence-corrected chi connectivity index (χ2v) is 9.67. The van der Waals surface area contributed by atoms with Crippen LogP contribution in [0, 0.1) is 5.82 Å². The van der Waals surface area contributed by atoms with Gasteiger partial charge in [-0.3, -0.25) is 4.79 Å². The SMILES string of the molecule is CC(=O)N1CC2(CCN(C3CCN(C(=O)O[C@@H]4CCOC4)CC3)CC2)c2cc(F)ccc21. The number of piperidine rings is 2. The van der Waals surface area contributed by atoms with Crippen LogP contribution < -0.4 is 4.90 Å². The van der Waals surface area contributed by atoms with Crippen LogP contribution in [0.25, 0.3) is 0 Å². The lowest BCUT2D eigenvalue weighted by Crippen LogP contribution is -2.52. The second kappa shape index (κ2) is 8.63. The first-order valence-corrected chi connectivity index (χ1v) is 11.8. The lowest BCUT2D eigenvalue weighted by atomic mass is 9.74. The summed E-state index contributed by atoms with van der Waals surface area (Å²) >= 11 is 0. The highest BCUT2D eigenvalue weighted by atomic mass is 19.1. The highest BCUT2D eigenvalue weighted by Crippen LogP contribution is 2.47. The number of hydrogen-bond donors (Lipinski definition) is 0. The average Bonchev–Trinajstić information content (AvgIpc) is 3.41. The lowest BCUT2D eigenvalue weighted by molar-refractivity contribution is -0.116. The summed E-state index contributed by atoms with van der Waals surface area (Å²) in [6.45, 7) is 6.68. The number of carbonyl (C=O) groups is 2. The molecule has 0 radical (unpaired) electrons. The monoisotopic (exact) mass is 445 g/mol. The first-order chi connectivity index (χ1) is 15.4. The maximum Gasteiger partial charge on any atom is 0.410 e. The zero-order valence-electron chi connectivity index (χ0n) is 18.7. The van der Waals surface area contributed by atoms with Gasteiger partial charge in [-0.05, 0) is 62.5 Å². The van der Waals surface area contributed by atoms with Crippen molar-refractivity contribution in [3.63, 3.8) is 0 Å². The molecule has 32 heavy (non-hydrogen) atoms. The fourth-order valence-corrected chi connectivity index (χ4v) is 5.90. The van der Waals surface area contributed by atoms with Crippen LogP contribution in [-0.4, -0.2) is 79.9 Å². The highest BCUT2D eigenvalue weighted by molar-refractivity contribution is 5.94. The Bertz CT molecular complexity index is 872. The summed E-state index contributed by atoms with van der Waals surface area (Å²) in [6, 6.07) is 5.28. The van der Waals surface area contributed by atoms with E-state index in [1.165, 1.54) is 6.07 Å². The summed E-state index contributed by atoms with van der Waals surface area (Å²) in [4.78, 5) is 30.8. The number of rotatable bonds is 2. The van der Waals surface area contributed by atoms with Crippen molar-refractivity contribution in [2.75, 3.05) is 50.8 Å². The van der Waals surface area contributed by atoms with E-state index in [1.807, 2.05) is 9.80 Å². The third kappa shape index (κ3) is 3.99. The molecular formula is C24H32FN3O4. The molecule has 3 saturated heterocycles. The number of likely N-dealkylation sites (tertiary alicyclic amines) is 2. The molecule has 174 valence electrons. The molecule has 0 aliphatic carbocycles. The maximum atomic E-state index is 14.1. The Hall–Kier alpha value is -2.19. The maximum absolute atomic E-state index is 14.1. The predicted molar refractivity (Wildman–Crippen MR) is 117 cm³/mol. The number of fused-ring (bicyclic) bond motifs is 2. The number of anilines is 1. The van der Waals surface area contributed by atoms with Gasteiger partial charge in [-0.1, -0.05) is 0 Å². The minimum atomic E-state index is -0.237. The summed E-state index contributed by atoms with van der Waals surface area (Å²) in [5.74, 6) is -0.222. The number of nitrogens with zero attached hydrogens (tertiary/aromatic N) is 3. The van der Waals surface area contributed by atoms with Gasteiger partial charge >= 0.3 is 6.09 Å². The van der Waals surface area contributed by atoms with Crippen LogP contribution in [0.3, 0.4) is 0 Å². The van der Waals surface area contributed by atoms with Crippen molar-refractivity contribution in [3.8, 4) is 0 Å². The van der Waals surface area contributed by atoms with E-state index in [0.29, 0.717) is 38.9 Å². The van der Waals surface area contributed by atoms with Crippen LogP contribution in [0.15, 0.2) is 18.2 Å². The molecule has 3 fully saturated rings. The molecule has 0 N–H and O–H groups in total. The molecule has 1 spiro atoms. The van der Waals surface area contributed by atoms with Crippen LogP contribution in [0.5, 0.6) is 0 Å². The van der Waals surface area contributed by atoms with Crippen molar-refractivity contribution in [3.05, 3.63) is 29.6 Å². The molecule has 4 aliphatic rings. The summed E-state index contributed by atoms with van der Waals surface area (Å²) in [7, 11) is 0. The van der Waals surface area contributed by atoms with Crippen LogP contribution >= 0.6 is 0 Å². The predicted octanol–water partition coefficient (Wildman–Crippen LogP) is 2.92. The summed E-state index contributed by atoms with van der Waals surface area (Å²) in [6.07, 6.45) is 4.17. The Morgan fingerprint density at radius 3 is 2.53 bits per heavy atom. The molecule has 4 heterocycles. The first kappa shape index (κ1) is 21.6. The zero-order chi connectivity index (χ0) is 22.3. The van der Waals surface area contributed by atoms with Crippen LogP contribution in [-0.2, 0) is 19.7 Å². The quantitative estimate of drug-likeness (QED) is 0.701.